The number of ether oxygens (including phenoxy) is 1. The largest absolute Gasteiger partial charge is 0.480 e. The van der Waals surface area contributed by atoms with Gasteiger partial charge in [-0.05, 0) is 19.1 Å². The molecule has 112 valence electrons. The highest BCUT2D eigenvalue weighted by molar-refractivity contribution is 7.92. The summed E-state index contributed by atoms with van der Waals surface area (Å²) in [6, 6.07) is 6.15. The van der Waals surface area contributed by atoms with Gasteiger partial charge in [-0.25, -0.2) is 9.78 Å². The Balaban J connectivity index is 2.25. The van der Waals surface area contributed by atoms with Crippen LogP contribution < -0.4 is 9.46 Å². The van der Waals surface area contributed by atoms with Crippen molar-refractivity contribution in [2.75, 3.05) is 11.3 Å². The Bertz CT molecular complexity index is 754. The highest BCUT2D eigenvalue weighted by Crippen LogP contribution is 2.26. The third kappa shape index (κ3) is 3.72. The molecule has 1 heterocycles. The van der Waals surface area contributed by atoms with E-state index in [1.54, 1.807) is 19.1 Å². The zero-order valence-corrected chi connectivity index (χ0v) is 11.8. The number of hydrogen-bond donors (Lipinski definition) is 3. The van der Waals surface area contributed by atoms with E-state index in [1.165, 1.54) is 18.3 Å². The summed E-state index contributed by atoms with van der Waals surface area (Å²) < 4.78 is 31.7. The third-order valence-corrected chi connectivity index (χ3v) is 3.73. The number of para-hydroxylation sites is 2. The van der Waals surface area contributed by atoms with Crippen molar-refractivity contribution >= 4 is 21.7 Å². The third-order valence-electron chi connectivity index (χ3n) is 2.45. The van der Waals surface area contributed by atoms with Crippen molar-refractivity contribution in [2.24, 2.45) is 0 Å². The van der Waals surface area contributed by atoms with Crippen molar-refractivity contribution in [3.63, 3.8) is 0 Å². The summed E-state index contributed by atoms with van der Waals surface area (Å²) in [6.45, 7) is 1.06. The monoisotopic (exact) mass is 311 g/mol. The number of aromatic nitrogens is 2. The molecule has 1 aromatic heterocycles. The van der Waals surface area contributed by atoms with Crippen molar-refractivity contribution in [2.45, 2.75) is 11.9 Å². The average molecular weight is 311 g/mol. The molecule has 0 aliphatic carbocycles. The summed E-state index contributed by atoms with van der Waals surface area (Å²) >= 11 is 0. The molecule has 3 N–H and O–H groups in total. The number of nitrogens with zero attached hydrogens (tertiary/aromatic N) is 1. The molecule has 2 rings (SSSR count). The maximum atomic E-state index is 12.2. The Kier molecular flexibility index (Phi) is 4.13. The van der Waals surface area contributed by atoms with E-state index in [0.717, 1.165) is 0 Å². The van der Waals surface area contributed by atoms with Gasteiger partial charge in [0.2, 0.25) is 0 Å². The molecule has 9 heteroatoms. The SMILES string of the molecule is Cc1ncc(S(=O)(=O)Nc2ccccc2OCC(=O)O)[nH]1. The van der Waals surface area contributed by atoms with Gasteiger partial charge in [-0.1, -0.05) is 12.1 Å². The second kappa shape index (κ2) is 5.83. The minimum atomic E-state index is -3.85. The maximum absolute atomic E-state index is 12.2. The number of carboxylic acids is 1. The van der Waals surface area contributed by atoms with Crippen LogP contribution in [-0.2, 0) is 14.8 Å². The number of hydrogen-bond acceptors (Lipinski definition) is 5. The fraction of sp³-hybridized carbons (Fsp3) is 0.167. The zero-order chi connectivity index (χ0) is 15.5. The van der Waals surface area contributed by atoms with Crippen molar-refractivity contribution in [1.29, 1.82) is 0 Å². The predicted molar refractivity (Wildman–Crippen MR) is 73.7 cm³/mol. The number of carboxylic acid groups (broad SMARTS) is 1. The summed E-state index contributed by atoms with van der Waals surface area (Å²) in [7, 11) is -3.85. The number of imidazole rings is 1. The van der Waals surface area contributed by atoms with Crippen LogP contribution in [0.2, 0.25) is 0 Å². The molecular formula is C12H13N3O5S. The number of aryl methyl sites for hydroxylation is 1. The van der Waals surface area contributed by atoms with Gasteiger partial charge in [0.25, 0.3) is 10.0 Å². The minimum Gasteiger partial charge on any atom is -0.480 e. The molecule has 1 aromatic carbocycles. The van der Waals surface area contributed by atoms with Crippen LogP contribution >= 0.6 is 0 Å². The topological polar surface area (TPSA) is 121 Å². The van der Waals surface area contributed by atoms with E-state index >= 15 is 0 Å². The lowest BCUT2D eigenvalue weighted by Gasteiger charge is -2.11. The van der Waals surface area contributed by atoms with E-state index in [1.807, 2.05) is 0 Å². The molecular weight excluding hydrogens is 298 g/mol. The van der Waals surface area contributed by atoms with Gasteiger partial charge in [0.05, 0.1) is 11.9 Å². The summed E-state index contributed by atoms with van der Waals surface area (Å²) in [5.41, 5.74) is 0.144. The lowest BCUT2D eigenvalue weighted by atomic mass is 10.3. The first-order chi connectivity index (χ1) is 9.88. The molecule has 0 saturated carbocycles. The van der Waals surface area contributed by atoms with Crippen LogP contribution in [0, 0.1) is 6.92 Å². The number of nitrogens with one attached hydrogen (secondary N) is 2. The Morgan fingerprint density at radius 1 is 1.43 bits per heavy atom. The summed E-state index contributed by atoms with van der Waals surface area (Å²) in [5.74, 6) is -0.567. The lowest BCUT2D eigenvalue weighted by Crippen LogP contribution is -2.15. The van der Waals surface area contributed by atoms with Crippen LogP contribution in [0.1, 0.15) is 5.82 Å². The molecule has 0 saturated heterocycles. The molecule has 0 spiro atoms. The van der Waals surface area contributed by atoms with Crippen LogP contribution in [-0.4, -0.2) is 36.1 Å². The Morgan fingerprint density at radius 2 is 2.14 bits per heavy atom. The molecule has 0 amide bonds. The molecule has 0 radical (unpaired) electrons. The standard InChI is InChI=1S/C12H13N3O5S/c1-8-13-6-11(14-8)21(18,19)15-9-4-2-3-5-10(9)20-7-12(16)17/h2-6,15H,7H2,1H3,(H,13,14)(H,16,17). The van der Waals surface area contributed by atoms with E-state index in [0.29, 0.717) is 5.82 Å². The summed E-state index contributed by atoms with van der Waals surface area (Å²) in [6.07, 6.45) is 1.19. The minimum absolute atomic E-state index is 0.0898. The van der Waals surface area contributed by atoms with Crippen LogP contribution in [0.3, 0.4) is 0 Å². The Labute approximate surface area is 120 Å². The van der Waals surface area contributed by atoms with Crippen LogP contribution in [0.4, 0.5) is 5.69 Å². The average Bonchev–Trinajstić information content (AvgIpc) is 2.85. The lowest BCUT2D eigenvalue weighted by molar-refractivity contribution is -0.139. The van der Waals surface area contributed by atoms with Crippen molar-refractivity contribution in [3.05, 3.63) is 36.3 Å². The normalized spacial score (nSPS) is 11.1. The van der Waals surface area contributed by atoms with Crippen molar-refractivity contribution < 1.29 is 23.1 Å². The summed E-state index contributed by atoms with van der Waals surface area (Å²) in [4.78, 5) is 16.9. The molecule has 0 atom stereocenters. The number of rotatable bonds is 6. The fourth-order valence-corrected chi connectivity index (χ4v) is 2.59. The van der Waals surface area contributed by atoms with E-state index in [2.05, 4.69) is 14.7 Å². The summed E-state index contributed by atoms with van der Waals surface area (Å²) in [5, 5.41) is 8.51. The molecule has 2 aromatic rings. The fourth-order valence-electron chi connectivity index (χ4n) is 1.55. The maximum Gasteiger partial charge on any atom is 0.341 e. The van der Waals surface area contributed by atoms with E-state index in [-0.39, 0.29) is 16.5 Å². The first-order valence-corrected chi connectivity index (χ1v) is 7.35. The van der Waals surface area contributed by atoms with Gasteiger partial charge in [-0.3, -0.25) is 4.72 Å². The highest BCUT2D eigenvalue weighted by Gasteiger charge is 2.18. The first-order valence-electron chi connectivity index (χ1n) is 5.86. The second-order valence-electron chi connectivity index (χ2n) is 4.12. The zero-order valence-electron chi connectivity index (χ0n) is 11.0. The quantitative estimate of drug-likeness (QED) is 0.731. The number of anilines is 1. The van der Waals surface area contributed by atoms with Gasteiger partial charge < -0.3 is 14.8 Å². The number of H-pyrrole nitrogens is 1. The predicted octanol–water partition coefficient (Wildman–Crippen LogP) is 0.982. The number of aromatic amines is 1. The Morgan fingerprint density at radius 3 is 2.76 bits per heavy atom. The molecule has 21 heavy (non-hydrogen) atoms. The molecule has 0 unspecified atom stereocenters. The van der Waals surface area contributed by atoms with Gasteiger partial charge in [0.1, 0.15) is 11.6 Å². The number of sulfonamides is 1. The van der Waals surface area contributed by atoms with Gasteiger partial charge in [-0.15, -0.1) is 0 Å². The van der Waals surface area contributed by atoms with E-state index < -0.39 is 22.6 Å². The molecule has 0 aliphatic heterocycles. The van der Waals surface area contributed by atoms with Gasteiger partial charge in [0, 0.05) is 0 Å². The molecule has 8 nitrogen and oxygen atoms in total. The number of aliphatic carboxylic acids is 1. The number of benzene rings is 1. The van der Waals surface area contributed by atoms with Gasteiger partial charge >= 0.3 is 5.97 Å². The van der Waals surface area contributed by atoms with E-state index in [4.69, 9.17) is 9.84 Å². The van der Waals surface area contributed by atoms with Crippen molar-refractivity contribution in [3.8, 4) is 5.75 Å². The van der Waals surface area contributed by atoms with Gasteiger partial charge in [-0.2, -0.15) is 8.42 Å². The van der Waals surface area contributed by atoms with Gasteiger partial charge in [0.15, 0.2) is 11.6 Å². The van der Waals surface area contributed by atoms with Crippen LogP contribution in [0.15, 0.2) is 35.5 Å². The smallest absolute Gasteiger partial charge is 0.341 e. The first kappa shape index (κ1) is 14.9. The molecule has 0 fully saturated rings. The van der Waals surface area contributed by atoms with Crippen LogP contribution in [0.25, 0.3) is 0 Å². The number of carbonyl (C=O) groups is 1. The highest BCUT2D eigenvalue weighted by atomic mass is 32.2. The Hall–Kier alpha value is -2.55. The van der Waals surface area contributed by atoms with Crippen molar-refractivity contribution in [1.82, 2.24) is 9.97 Å². The van der Waals surface area contributed by atoms with Crippen LogP contribution in [0.5, 0.6) is 5.75 Å². The second-order valence-corrected chi connectivity index (χ2v) is 5.77. The molecule has 0 aliphatic rings. The van der Waals surface area contributed by atoms with E-state index in [9.17, 15) is 13.2 Å². The molecule has 0 bridgehead atoms.